The second-order valence-electron chi connectivity index (χ2n) is 6.19. The van der Waals surface area contributed by atoms with E-state index in [-0.39, 0.29) is 12.5 Å². The van der Waals surface area contributed by atoms with Crippen LogP contribution in [0.1, 0.15) is 53.1 Å². The molecule has 2 aromatic heterocycles. The van der Waals surface area contributed by atoms with Crippen LogP contribution in [-0.4, -0.2) is 16.1 Å². The molecule has 130 valence electrons. The number of rotatable bonds is 5. The van der Waals surface area contributed by atoms with E-state index in [1.165, 1.54) is 5.56 Å². The summed E-state index contributed by atoms with van der Waals surface area (Å²) in [5.41, 5.74) is 2.50. The maximum Gasteiger partial charge on any atom is 0.342 e. The molecule has 2 heterocycles. The summed E-state index contributed by atoms with van der Waals surface area (Å²) in [6.07, 6.45) is 0. The molecule has 1 aromatic carbocycles. The van der Waals surface area contributed by atoms with Crippen LogP contribution in [0.3, 0.4) is 0 Å². The molecule has 3 aromatic rings. The van der Waals surface area contributed by atoms with Gasteiger partial charge < -0.3 is 13.7 Å². The number of carbonyl (C=O) groups is 1. The van der Waals surface area contributed by atoms with Gasteiger partial charge in [0, 0.05) is 5.56 Å². The first-order valence-electron chi connectivity index (χ1n) is 8.11. The van der Waals surface area contributed by atoms with Gasteiger partial charge in [0.2, 0.25) is 5.82 Å². The molecule has 6 nitrogen and oxygen atoms in total. The molecular weight excluding hydrogens is 320 g/mol. The molecule has 0 spiro atoms. The molecule has 6 heteroatoms. The minimum Gasteiger partial charge on any atom is -0.466 e. The molecule has 0 fully saturated rings. The van der Waals surface area contributed by atoms with Crippen molar-refractivity contribution in [1.82, 2.24) is 10.1 Å². The van der Waals surface area contributed by atoms with Crippen molar-refractivity contribution >= 4 is 5.97 Å². The summed E-state index contributed by atoms with van der Waals surface area (Å²) in [6, 6.07) is 9.63. The number of carbonyl (C=O) groups excluding carboxylic acids is 1. The smallest absolute Gasteiger partial charge is 0.342 e. The van der Waals surface area contributed by atoms with Crippen LogP contribution in [0.15, 0.2) is 39.3 Å². The van der Waals surface area contributed by atoms with Gasteiger partial charge in [-0.25, -0.2) is 4.79 Å². The Balaban J connectivity index is 1.65. The van der Waals surface area contributed by atoms with E-state index in [0.29, 0.717) is 28.8 Å². The van der Waals surface area contributed by atoms with E-state index < -0.39 is 5.97 Å². The van der Waals surface area contributed by atoms with Crippen molar-refractivity contribution in [3.63, 3.8) is 0 Å². The van der Waals surface area contributed by atoms with Crippen LogP contribution in [0, 0.1) is 13.8 Å². The number of benzene rings is 1. The highest BCUT2D eigenvalue weighted by molar-refractivity contribution is 5.90. The topological polar surface area (TPSA) is 78.4 Å². The zero-order valence-corrected chi connectivity index (χ0v) is 14.7. The van der Waals surface area contributed by atoms with Crippen molar-refractivity contribution in [2.75, 3.05) is 0 Å². The number of hydrogen-bond acceptors (Lipinski definition) is 6. The van der Waals surface area contributed by atoms with Crippen molar-refractivity contribution in [2.45, 2.75) is 40.2 Å². The Bertz CT molecular complexity index is 875. The van der Waals surface area contributed by atoms with Crippen LogP contribution >= 0.6 is 0 Å². The molecule has 0 amide bonds. The molecule has 3 rings (SSSR count). The van der Waals surface area contributed by atoms with Crippen molar-refractivity contribution in [3.05, 3.63) is 58.9 Å². The van der Waals surface area contributed by atoms with Gasteiger partial charge in [-0.15, -0.1) is 0 Å². The Morgan fingerprint density at radius 1 is 1.20 bits per heavy atom. The Hall–Kier alpha value is -2.89. The Morgan fingerprint density at radius 3 is 2.52 bits per heavy atom. The second kappa shape index (κ2) is 6.93. The SMILES string of the molecule is Cc1cc(C(=O)OCc2nc(-c3ccc(C(C)C)cc3)no2)c(C)o1. The lowest BCUT2D eigenvalue weighted by Crippen LogP contribution is -2.05. The van der Waals surface area contributed by atoms with E-state index in [4.69, 9.17) is 13.7 Å². The van der Waals surface area contributed by atoms with Crippen LogP contribution in [0.5, 0.6) is 0 Å². The number of aromatic nitrogens is 2. The summed E-state index contributed by atoms with van der Waals surface area (Å²) in [5, 5.41) is 3.94. The summed E-state index contributed by atoms with van der Waals surface area (Å²) in [7, 11) is 0. The summed E-state index contributed by atoms with van der Waals surface area (Å²) < 4.78 is 15.7. The van der Waals surface area contributed by atoms with Gasteiger partial charge in [-0.05, 0) is 31.4 Å². The Kier molecular flexibility index (Phi) is 4.70. The molecule has 0 atom stereocenters. The first-order chi connectivity index (χ1) is 11.9. The largest absolute Gasteiger partial charge is 0.466 e. The Morgan fingerprint density at radius 2 is 1.92 bits per heavy atom. The number of hydrogen-bond donors (Lipinski definition) is 0. The standard InChI is InChI=1S/C19H20N2O4/c1-11(2)14-5-7-15(8-6-14)18-20-17(25-21-18)10-23-19(22)16-9-12(3)24-13(16)4/h5-9,11H,10H2,1-4H3. The van der Waals surface area contributed by atoms with Gasteiger partial charge in [0.1, 0.15) is 17.1 Å². The van der Waals surface area contributed by atoms with E-state index in [1.54, 1.807) is 19.9 Å². The van der Waals surface area contributed by atoms with Gasteiger partial charge in [0.25, 0.3) is 5.89 Å². The average molecular weight is 340 g/mol. The van der Waals surface area contributed by atoms with E-state index in [1.807, 2.05) is 24.3 Å². The fraction of sp³-hybridized carbons (Fsp3) is 0.316. The van der Waals surface area contributed by atoms with Gasteiger partial charge in [0.05, 0.1) is 0 Å². The lowest BCUT2D eigenvalue weighted by molar-refractivity contribution is 0.0428. The van der Waals surface area contributed by atoms with E-state index >= 15 is 0 Å². The van der Waals surface area contributed by atoms with Crippen molar-refractivity contribution < 1.29 is 18.5 Å². The highest BCUT2D eigenvalue weighted by atomic mass is 16.6. The third kappa shape index (κ3) is 3.79. The predicted octanol–water partition coefficient (Wildman–Crippen LogP) is 4.43. The highest BCUT2D eigenvalue weighted by Gasteiger charge is 2.17. The molecule has 0 aliphatic rings. The zero-order valence-electron chi connectivity index (χ0n) is 14.7. The number of nitrogens with zero attached hydrogens (tertiary/aromatic N) is 2. The lowest BCUT2D eigenvalue weighted by atomic mass is 10.0. The van der Waals surface area contributed by atoms with Crippen molar-refractivity contribution in [2.24, 2.45) is 0 Å². The van der Waals surface area contributed by atoms with Gasteiger partial charge in [-0.1, -0.05) is 43.3 Å². The molecular formula is C19H20N2O4. The van der Waals surface area contributed by atoms with Gasteiger partial charge in [0.15, 0.2) is 6.61 Å². The van der Waals surface area contributed by atoms with E-state index in [9.17, 15) is 4.79 Å². The van der Waals surface area contributed by atoms with Crippen LogP contribution in [-0.2, 0) is 11.3 Å². The second-order valence-corrected chi connectivity index (χ2v) is 6.19. The first-order valence-corrected chi connectivity index (χ1v) is 8.11. The number of ether oxygens (including phenoxy) is 1. The summed E-state index contributed by atoms with van der Waals surface area (Å²) in [6.45, 7) is 7.69. The van der Waals surface area contributed by atoms with Crippen molar-refractivity contribution in [1.29, 1.82) is 0 Å². The summed E-state index contributed by atoms with van der Waals surface area (Å²) in [4.78, 5) is 16.3. The molecule has 0 saturated heterocycles. The third-order valence-electron chi connectivity index (χ3n) is 3.89. The normalized spacial score (nSPS) is 11.1. The first kappa shape index (κ1) is 17.0. The minimum atomic E-state index is -0.476. The molecule has 0 N–H and O–H groups in total. The highest BCUT2D eigenvalue weighted by Crippen LogP contribution is 2.21. The fourth-order valence-electron chi connectivity index (χ4n) is 2.49. The molecule has 0 unspecified atom stereocenters. The van der Waals surface area contributed by atoms with Crippen LogP contribution in [0.25, 0.3) is 11.4 Å². The number of furan rings is 1. The molecule has 0 bridgehead atoms. The lowest BCUT2D eigenvalue weighted by Gasteiger charge is -2.04. The molecule has 25 heavy (non-hydrogen) atoms. The zero-order chi connectivity index (χ0) is 18.0. The van der Waals surface area contributed by atoms with Crippen LogP contribution in [0.2, 0.25) is 0 Å². The van der Waals surface area contributed by atoms with Gasteiger partial charge >= 0.3 is 5.97 Å². The average Bonchev–Trinajstić information content (AvgIpc) is 3.19. The molecule has 0 aliphatic carbocycles. The van der Waals surface area contributed by atoms with Gasteiger partial charge in [-0.3, -0.25) is 0 Å². The van der Waals surface area contributed by atoms with Gasteiger partial charge in [-0.2, -0.15) is 4.98 Å². The van der Waals surface area contributed by atoms with E-state index in [0.717, 1.165) is 5.56 Å². The number of esters is 1. The summed E-state index contributed by atoms with van der Waals surface area (Å²) >= 11 is 0. The van der Waals surface area contributed by atoms with Crippen molar-refractivity contribution in [3.8, 4) is 11.4 Å². The maximum atomic E-state index is 12.1. The number of aryl methyl sites for hydroxylation is 2. The fourth-order valence-corrected chi connectivity index (χ4v) is 2.49. The monoisotopic (exact) mass is 340 g/mol. The van der Waals surface area contributed by atoms with Crippen LogP contribution in [0.4, 0.5) is 0 Å². The summed E-state index contributed by atoms with van der Waals surface area (Å²) in [5.74, 6) is 1.89. The molecule has 0 aliphatic heterocycles. The predicted molar refractivity (Wildman–Crippen MR) is 91.1 cm³/mol. The quantitative estimate of drug-likeness (QED) is 0.639. The van der Waals surface area contributed by atoms with Crippen LogP contribution < -0.4 is 0 Å². The maximum absolute atomic E-state index is 12.1. The minimum absolute atomic E-state index is 0.0838. The third-order valence-corrected chi connectivity index (χ3v) is 3.89. The van der Waals surface area contributed by atoms with E-state index in [2.05, 4.69) is 24.0 Å². The molecule has 0 radical (unpaired) electrons. The molecule has 0 saturated carbocycles. The Labute approximate surface area is 145 Å².